The van der Waals surface area contributed by atoms with Gasteiger partial charge in [0.05, 0.1) is 17.9 Å². The number of aromatic nitrogens is 3. The monoisotopic (exact) mass is 441 g/mol. The summed E-state index contributed by atoms with van der Waals surface area (Å²) >= 11 is 0. The van der Waals surface area contributed by atoms with Crippen LogP contribution in [0.1, 0.15) is 18.9 Å². The van der Waals surface area contributed by atoms with E-state index in [4.69, 9.17) is 0 Å². The maximum Gasteiger partial charge on any atom is 0.421 e. The van der Waals surface area contributed by atoms with Crippen molar-refractivity contribution in [3.05, 3.63) is 48.0 Å². The summed E-state index contributed by atoms with van der Waals surface area (Å²) in [6.45, 7) is 1.58. The minimum absolute atomic E-state index is 0.0922. The third-order valence-electron chi connectivity index (χ3n) is 5.44. The third kappa shape index (κ3) is 3.94. The molecule has 0 radical (unpaired) electrons. The van der Waals surface area contributed by atoms with Crippen LogP contribution in [-0.2, 0) is 5.60 Å². The van der Waals surface area contributed by atoms with E-state index in [2.05, 4.69) is 20.6 Å². The van der Waals surface area contributed by atoms with Crippen LogP contribution in [0.2, 0.25) is 0 Å². The van der Waals surface area contributed by atoms with Crippen LogP contribution >= 0.6 is 0 Å². The summed E-state index contributed by atoms with van der Waals surface area (Å²) in [4.78, 5) is 8.29. The van der Waals surface area contributed by atoms with Crippen LogP contribution in [0.3, 0.4) is 0 Å². The lowest BCUT2D eigenvalue weighted by atomic mass is 9.97. The predicted octanol–water partition coefficient (Wildman–Crippen LogP) is 3.42. The van der Waals surface area contributed by atoms with Crippen molar-refractivity contribution in [1.82, 2.24) is 19.7 Å². The van der Waals surface area contributed by atoms with Crippen LogP contribution in [0, 0.1) is 5.82 Å². The van der Waals surface area contributed by atoms with Crippen molar-refractivity contribution in [2.45, 2.75) is 37.3 Å². The molecule has 1 fully saturated rings. The van der Waals surface area contributed by atoms with Crippen molar-refractivity contribution < 1.29 is 27.1 Å². The minimum atomic E-state index is -4.91. The average molecular weight is 441 g/mol. The van der Waals surface area contributed by atoms with E-state index in [1.165, 1.54) is 22.7 Å². The van der Waals surface area contributed by atoms with E-state index in [0.29, 0.717) is 26.4 Å². The molecule has 3 aromatic rings. The van der Waals surface area contributed by atoms with Crippen LogP contribution in [0.4, 0.5) is 27.8 Å². The van der Waals surface area contributed by atoms with Gasteiger partial charge < -0.3 is 15.7 Å². The smallest absolute Gasteiger partial charge is 0.376 e. The number of anilines is 1. The van der Waals surface area contributed by atoms with Gasteiger partial charge in [-0.2, -0.15) is 13.2 Å². The fourth-order valence-corrected chi connectivity index (χ4v) is 3.47. The van der Waals surface area contributed by atoms with E-state index >= 15 is 0 Å². The number of pyridine rings is 2. The van der Waals surface area contributed by atoms with Gasteiger partial charge in [0.1, 0.15) is 23.3 Å². The van der Waals surface area contributed by atoms with E-state index in [-0.39, 0.29) is 22.9 Å². The number of hydrogen-bond acceptors (Lipinski definition) is 5. The highest BCUT2D eigenvalue weighted by Gasteiger charge is 2.51. The van der Waals surface area contributed by atoms with E-state index in [0.717, 1.165) is 18.3 Å². The first-order valence-corrected chi connectivity index (χ1v) is 9.63. The highest BCUT2D eigenvalue weighted by Crippen LogP contribution is 2.39. The zero-order chi connectivity index (χ0) is 22.4. The number of halogens is 5. The molecule has 0 unspecified atom stereocenters. The molecular formula is C20H20F5N5O. The van der Waals surface area contributed by atoms with E-state index < -0.39 is 35.4 Å². The van der Waals surface area contributed by atoms with Gasteiger partial charge in [-0.05, 0) is 38.1 Å². The number of nitrogens with one attached hydrogen (secondary N) is 2. The molecule has 3 atom stereocenters. The number of hydrogen-bond donors (Lipinski definition) is 3. The van der Waals surface area contributed by atoms with E-state index in [9.17, 15) is 27.1 Å². The van der Waals surface area contributed by atoms with Gasteiger partial charge in [0.15, 0.2) is 11.4 Å². The molecule has 0 aromatic carbocycles. The second-order valence-corrected chi connectivity index (χ2v) is 7.65. The summed E-state index contributed by atoms with van der Waals surface area (Å²) in [5.74, 6) is -0.500. The molecule has 11 heteroatoms. The van der Waals surface area contributed by atoms with E-state index in [1.807, 2.05) is 0 Å². The van der Waals surface area contributed by atoms with Gasteiger partial charge in [-0.3, -0.25) is 4.40 Å². The van der Waals surface area contributed by atoms with Crippen molar-refractivity contribution in [1.29, 1.82) is 0 Å². The fourth-order valence-electron chi connectivity index (χ4n) is 3.47. The lowest BCUT2D eigenvalue weighted by Crippen LogP contribution is -2.46. The standard InChI is InChI=1S/C20H20F5N5O/c1-19(31,20(23,24)25)11-2-5-17-27-9-15(30(17)10-11)18-13(22)3-4-16(29-18)28-14-8-26-7-6-12(14)21/h2-5,9-10,12,14,26,31H,6-8H2,1H3,(H,28,29)/t12-,14-,19+/m0/s1. The molecule has 0 spiro atoms. The summed E-state index contributed by atoms with van der Waals surface area (Å²) in [7, 11) is 0. The predicted molar refractivity (Wildman–Crippen MR) is 104 cm³/mol. The molecule has 0 aliphatic carbocycles. The summed E-state index contributed by atoms with van der Waals surface area (Å²) in [5, 5.41) is 16.0. The topological polar surface area (TPSA) is 74.5 Å². The number of aliphatic hydroxyl groups is 1. The lowest BCUT2D eigenvalue weighted by Gasteiger charge is -2.28. The Morgan fingerprint density at radius 1 is 1.23 bits per heavy atom. The number of alkyl halides is 4. The van der Waals surface area contributed by atoms with Crippen LogP contribution in [0.15, 0.2) is 36.7 Å². The lowest BCUT2D eigenvalue weighted by molar-refractivity contribution is -0.259. The Morgan fingerprint density at radius 2 is 2.00 bits per heavy atom. The Bertz CT molecular complexity index is 1100. The SMILES string of the molecule is C[C@@](O)(c1ccc2ncc(-c3nc(N[C@H]4CNCC[C@@H]4F)ccc3F)n2c1)C(F)(F)F. The molecule has 0 amide bonds. The second kappa shape index (κ2) is 7.72. The molecule has 1 aliphatic rings. The molecule has 31 heavy (non-hydrogen) atoms. The van der Waals surface area contributed by atoms with Crippen LogP contribution < -0.4 is 10.6 Å². The third-order valence-corrected chi connectivity index (χ3v) is 5.44. The fraction of sp³-hybridized carbons (Fsp3) is 0.400. The van der Waals surface area contributed by atoms with Crippen LogP contribution in [-0.4, -0.2) is 51.0 Å². The Labute approximate surface area is 174 Å². The number of fused-ring (bicyclic) bond motifs is 1. The first-order chi connectivity index (χ1) is 14.6. The molecule has 3 aromatic heterocycles. The second-order valence-electron chi connectivity index (χ2n) is 7.65. The largest absolute Gasteiger partial charge is 0.421 e. The number of imidazole rings is 1. The normalized spacial score (nSPS) is 21.8. The minimum Gasteiger partial charge on any atom is -0.376 e. The number of rotatable bonds is 4. The van der Waals surface area contributed by atoms with Gasteiger partial charge in [-0.1, -0.05) is 6.07 Å². The number of nitrogens with zero attached hydrogens (tertiary/aromatic N) is 3. The van der Waals surface area contributed by atoms with Crippen LogP contribution in [0.25, 0.3) is 17.0 Å². The van der Waals surface area contributed by atoms with Gasteiger partial charge in [-0.15, -0.1) is 0 Å². The number of piperidine rings is 1. The first-order valence-electron chi connectivity index (χ1n) is 9.63. The molecule has 0 saturated carbocycles. The maximum absolute atomic E-state index is 14.6. The highest BCUT2D eigenvalue weighted by molar-refractivity contribution is 5.63. The van der Waals surface area contributed by atoms with Crippen molar-refractivity contribution in [2.75, 3.05) is 18.4 Å². The van der Waals surface area contributed by atoms with Gasteiger partial charge in [-0.25, -0.2) is 18.7 Å². The zero-order valence-corrected chi connectivity index (χ0v) is 16.4. The molecule has 166 valence electrons. The Balaban J connectivity index is 1.74. The van der Waals surface area contributed by atoms with Gasteiger partial charge in [0.25, 0.3) is 0 Å². The Kier molecular flexibility index (Phi) is 5.34. The molecule has 1 saturated heterocycles. The van der Waals surface area contributed by atoms with E-state index in [1.54, 1.807) is 0 Å². The highest BCUT2D eigenvalue weighted by atomic mass is 19.4. The molecule has 6 nitrogen and oxygen atoms in total. The first kappa shape index (κ1) is 21.4. The molecule has 3 N–H and O–H groups in total. The van der Waals surface area contributed by atoms with Gasteiger partial charge >= 0.3 is 6.18 Å². The summed E-state index contributed by atoms with van der Waals surface area (Å²) in [5.41, 5.74) is -3.37. The molecule has 4 rings (SSSR count). The van der Waals surface area contributed by atoms with Gasteiger partial charge in [0.2, 0.25) is 0 Å². The van der Waals surface area contributed by atoms with Crippen LogP contribution in [0.5, 0.6) is 0 Å². The molecule has 4 heterocycles. The van der Waals surface area contributed by atoms with Gasteiger partial charge in [0, 0.05) is 18.3 Å². The molecular weight excluding hydrogens is 421 g/mol. The zero-order valence-electron chi connectivity index (χ0n) is 16.4. The molecule has 0 bridgehead atoms. The van der Waals surface area contributed by atoms with Crippen molar-refractivity contribution in [2.24, 2.45) is 0 Å². The Hall–Kier alpha value is -2.79. The summed E-state index contributed by atoms with van der Waals surface area (Å²) in [6.07, 6.45) is -3.35. The summed E-state index contributed by atoms with van der Waals surface area (Å²) in [6, 6.07) is 4.36. The maximum atomic E-state index is 14.6. The Morgan fingerprint density at radius 3 is 2.71 bits per heavy atom. The van der Waals surface area contributed by atoms with Crippen molar-refractivity contribution in [3.63, 3.8) is 0 Å². The van der Waals surface area contributed by atoms with Crippen molar-refractivity contribution >= 4 is 11.5 Å². The van der Waals surface area contributed by atoms with Crippen molar-refractivity contribution in [3.8, 4) is 11.4 Å². The molecule has 1 aliphatic heterocycles. The summed E-state index contributed by atoms with van der Waals surface area (Å²) < 4.78 is 69.7. The average Bonchev–Trinajstić information content (AvgIpc) is 3.13. The quantitative estimate of drug-likeness (QED) is 0.541.